The summed E-state index contributed by atoms with van der Waals surface area (Å²) in [6.45, 7) is 2.14. The topological polar surface area (TPSA) is 55.2 Å². The summed E-state index contributed by atoms with van der Waals surface area (Å²) in [5, 5.41) is 15.3. The van der Waals surface area contributed by atoms with Crippen molar-refractivity contribution in [3.05, 3.63) is 110 Å². The molecular formula is C26H23ClN2O2S. The van der Waals surface area contributed by atoms with Crippen LogP contribution in [0.5, 0.6) is 0 Å². The van der Waals surface area contributed by atoms with E-state index in [9.17, 15) is 10.1 Å². The van der Waals surface area contributed by atoms with E-state index in [-0.39, 0.29) is 16.8 Å². The fourth-order valence-corrected chi connectivity index (χ4v) is 5.96. The zero-order chi connectivity index (χ0) is 22.2. The lowest BCUT2D eigenvalue weighted by atomic mass is 9.76. The lowest BCUT2D eigenvalue weighted by Gasteiger charge is -2.38. The standard InChI is InChI=1S/C26H23ClN2O2S/c1-16-12-17(15-32-19-6-3-2-4-7-19)13-22-20-8-5-9-21(20)26(28-25(16)22)18-10-11-23(27)24(14-18)29(30)31/h2-8,10-14,20-21,26,28H,9,15H2,1H3/t20-,21-,26-/m1/s1. The Balaban J connectivity index is 1.47. The number of fused-ring (bicyclic) bond motifs is 3. The first-order valence-corrected chi connectivity index (χ1v) is 12.1. The first kappa shape index (κ1) is 21.1. The number of nitrogens with zero attached hydrogens (tertiary/aromatic N) is 1. The van der Waals surface area contributed by atoms with E-state index in [0.717, 1.165) is 23.4 Å². The van der Waals surface area contributed by atoms with E-state index in [2.05, 4.69) is 60.8 Å². The molecule has 2 aliphatic rings. The minimum absolute atomic E-state index is 0.00158. The molecule has 1 N–H and O–H groups in total. The van der Waals surface area contributed by atoms with Crippen molar-refractivity contribution < 1.29 is 4.92 Å². The quantitative estimate of drug-likeness (QED) is 0.183. The highest BCUT2D eigenvalue weighted by Gasteiger charge is 2.39. The Hall–Kier alpha value is -2.76. The molecule has 6 heteroatoms. The van der Waals surface area contributed by atoms with Crippen LogP contribution in [-0.2, 0) is 5.75 Å². The van der Waals surface area contributed by atoms with E-state index in [1.807, 2.05) is 23.9 Å². The van der Waals surface area contributed by atoms with E-state index in [0.29, 0.717) is 11.8 Å². The van der Waals surface area contributed by atoms with E-state index in [1.165, 1.54) is 21.6 Å². The number of nitro groups is 1. The van der Waals surface area contributed by atoms with Gasteiger partial charge in [0.25, 0.3) is 5.69 Å². The van der Waals surface area contributed by atoms with Crippen molar-refractivity contribution in [2.45, 2.75) is 36.0 Å². The highest BCUT2D eigenvalue weighted by Crippen LogP contribution is 2.51. The Morgan fingerprint density at radius 1 is 1.16 bits per heavy atom. The molecule has 1 aliphatic heterocycles. The van der Waals surface area contributed by atoms with Gasteiger partial charge in [-0.3, -0.25) is 10.1 Å². The monoisotopic (exact) mass is 462 g/mol. The average Bonchev–Trinajstić information content (AvgIpc) is 3.29. The van der Waals surface area contributed by atoms with Crippen molar-refractivity contribution in [3.8, 4) is 0 Å². The maximum atomic E-state index is 11.4. The zero-order valence-electron chi connectivity index (χ0n) is 17.6. The second kappa shape index (κ2) is 8.64. The van der Waals surface area contributed by atoms with Gasteiger partial charge in [0.1, 0.15) is 5.02 Å². The highest BCUT2D eigenvalue weighted by atomic mass is 35.5. The highest BCUT2D eigenvalue weighted by molar-refractivity contribution is 7.98. The van der Waals surface area contributed by atoms with Crippen LogP contribution in [0.2, 0.25) is 5.02 Å². The molecule has 3 aromatic rings. The summed E-state index contributed by atoms with van der Waals surface area (Å²) in [5.74, 6) is 1.54. The number of rotatable bonds is 5. The average molecular weight is 463 g/mol. The lowest BCUT2D eigenvalue weighted by Crippen LogP contribution is -2.29. The maximum Gasteiger partial charge on any atom is 0.288 e. The normalized spacial score (nSPS) is 21.0. The van der Waals surface area contributed by atoms with Gasteiger partial charge in [0.05, 0.1) is 11.0 Å². The van der Waals surface area contributed by atoms with Gasteiger partial charge >= 0.3 is 0 Å². The molecule has 1 aliphatic carbocycles. The molecule has 0 unspecified atom stereocenters. The second-order valence-electron chi connectivity index (χ2n) is 8.42. The predicted molar refractivity (Wildman–Crippen MR) is 132 cm³/mol. The Labute approximate surface area is 196 Å². The summed E-state index contributed by atoms with van der Waals surface area (Å²) in [4.78, 5) is 12.3. The number of aryl methyl sites for hydroxylation is 1. The molecule has 0 saturated heterocycles. The van der Waals surface area contributed by atoms with Gasteiger partial charge in [-0.1, -0.05) is 60.2 Å². The molecule has 3 atom stereocenters. The van der Waals surface area contributed by atoms with Crippen LogP contribution >= 0.6 is 23.4 Å². The van der Waals surface area contributed by atoms with Crippen LogP contribution in [0.4, 0.5) is 11.4 Å². The van der Waals surface area contributed by atoms with Crippen molar-refractivity contribution in [1.82, 2.24) is 0 Å². The van der Waals surface area contributed by atoms with Gasteiger partial charge in [0.2, 0.25) is 0 Å². The molecule has 0 radical (unpaired) electrons. The van der Waals surface area contributed by atoms with Crippen LogP contribution < -0.4 is 5.32 Å². The van der Waals surface area contributed by atoms with Gasteiger partial charge in [0.15, 0.2) is 0 Å². The Bertz CT molecular complexity index is 1210. The fourth-order valence-electron chi connectivity index (χ4n) is 4.92. The number of allylic oxidation sites excluding steroid dienone is 2. The van der Waals surface area contributed by atoms with Crippen LogP contribution in [-0.4, -0.2) is 4.92 Å². The number of thioether (sulfide) groups is 1. The van der Waals surface area contributed by atoms with E-state index >= 15 is 0 Å². The van der Waals surface area contributed by atoms with Gasteiger partial charge in [-0.15, -0.1) is 11.8 Å². The maximum absolute atomic E-state index is 11.4. The molecule has 0 amide bonds. The largest absolute Gasteiger partial charge is 0.377 e. The lowest BCUT2D eigenvalue weighted by molar-refractivity contribution is -0.384. The number of nitro benzene ring substituents is 1. The molecule has 0 fully saturated rings. The van der Waals surface area contributed by atoms with Crippen molar-refractivity contribution in [2.24, 2.45) is 5.92 Å². The van der Waals surface area contributed by atoms with Crippen molar-refractivity contribution in [3.63, 3.8) is 0 Å². The fraction of sp³-hybridized carbons (Fsp3) is 0.231. The molecule has 4 nitrogen and oxygen atoms in total. The van der Waals surface area contributed by atoms with Crippen molar-refractivity contribution >= 4 is 34.7 Å². The van der Waals surface area contributed by atoms with E-state index in [4.69, 9.17) is 11.6 Å². The zero-order valence-corrected chi connectivity index (χ0v) is 19.2. The SMILES string of the molecule is Cc1cc(CSc2ccccc2)cc2c1N[C@H](c1ccc(Cl)c([N+](=O)[O-])c1)[C@@H]1CC=C[C@@H]21. The van der Waals surface area contributed by atoms with Gasteiger partial charge < -0.3 is 5.32 Å². The Morgan fingerprint density at radius 2 is 1.97 bits per heavy atom. The number of anilines is 1. The van der Waals surface area contributed by atoms with Crippen LogP contribution in [0, 0.1) is 23.0 Å². The minimum atomic E-state index is -0.408. The summed E-state index contributed by atoms with van der Waals surface area (Å²) in [6.07, 6.45) is 5.49. The molecule has 162 valence electrons. The number of nitrogens with one attached hydrogen (secondary N) is 1. The molecule has 3 aromatic carbocycles. The van der Waals surface area contributed by atoms with Gasteiger partial charge in [-0.2, -0.15) is 0 Å². The van der Waals surface area contributed by atoms with Crippen LogP contribution in [0.1, 0.15) is 40.6 Å². The third-order valence-corrected chi connectivity index (χ3v) is 7.80. The van der Waals surface area contributed by atoms with Crippen molar-refractivity contribution in [1.29, 1.82) is 0 Å². The predicted octanol–water partition coefficient (Wildman–Crippen LogP) is 7.68. The summed E-state index contributed by atoms with van der Waals surface area (Å²) >= 11 is 7.91. The Morgan fingerprint density at radius 3 is 2.75 bits per heavy atom. The summed E-state index contributed by atoms with van der Waals surface area (Å²) in [5.41, 5.74) is 5.87. The van der Waals surface area contributed by atoms with Crippen LogP contribution in [0.25, 0.3) is 0 Å². The molecule has 0 bridgehead atoms. The molecule has 0 spiro atoms. The number of halogens is 1. The third kappa shape index (κ3) is 3.91. The van der Waals surface area contributed by atoms with E-state index in [1.54, 1.807) is 12.1 Å². The van der Waals surface area contributed by atoms with Gasteiger partial charge in [-0.25, -0.2) is 0 Å². The third-order valence-electron chi connectivity index (χ3n) is 6.40. The van der Waals surface area contributed by atoms with Crippen molar-refractivity contribution in [2.75, 3.05) is 5.32 Å². The summed E-state index contributed by atoms with van der Waals surface area (Å²) in [7, 11) is 0. The van der Waals surface area contributed by atoms with E-state index < -0.39 is 4.92 Å². The second-order valence-corrected chi connectivity index (χ2v) is 9.88. The number of hydrogen-bond acceptors (Lipinski definition) is 4. The molecular weight excluding hydrogens is 440 g/mol. The minimum Gasteiger partial charge on any atom is -0.377 e. The first-order chi connectivity index (χ1) is 15.5. The number of hydrogen-bond donors (Lipinski definition) is 1. The molecule has 1 heterocycles. The van der Waals surface area contributed by atoms with Crippen LogP contribution in [0.3, 0.4) is 0 Å². The first-order valence-electron chi connectivity index (χ1n) is 10.7. The summed E-state index contributed by atoms with van der Waals surface area (Å²) in [6, 6.07) is 20.2. The Kier molecular flexibility index (Phi) is 5.70. The molecule has 5 rings (SSSR count). The smallest absolute Gasteiger partial charge is 0.288 e. The molecule has 32 heavy (non-hydrogen) atoms. The number of benzene rings is 3. The van der Waals surface area contributed by atoms with Gasteiger partial charge in [0, 0.05) is 28.3 Å². The molecule has 0 saturated carbocycles. The van der Waals surface area contributed by atoms with Crippen LogP contribution in [0.15, 0.2) is 77.7 Å². The van der Waals surface area contributed by atoms with Gasteiger partial charge in [-0.05, 0) is 59.7 Å². The molecule has 0 aromatic heterocycles. The summed E-state index contributed by atoms with van der Waals surface area (Å²) < 4.78 is 0.